The van der Waals surface area contributed by atoms with Crippen molar-refractivity contribution in [2.75, 3.05) is 19.8 Å². The Morgan fingerprint density at radius 1 is 1.53 bits per heavy atom. The van der Waals surface area contributed by atoms with Crippen molar-refractivity contribution in [3.63, 3.8) is 0 Å². The maximum absolute atomic E-state index is 11.3. The number of hydrogen-bond donors (Lipinski definition) is 0. The van der Waals surface area contributed by atoms with Gasteiger partial charge in [-0.3, -0.25) is 0 Å². The molecule has 1 saturated heterocycles. The highest BCUT2D eigenvalue weighted by atomic mass is 16.5. The second-order valence-corrected chi connectivity index (χ2v) is 3.74. The van der Waals surface area contributed by atoms with Crippen molar-refractivity contribution in [2.24, 2.45) is 5.92 Å². The van der Waals surface area contributed by atoms with Gasteiger partial charge in [0, 0.05) is 18.6 Å². The van der Waals surface area contributed by atoms with Crippen molar-refractivity contribution in [3.05, 3.63) is 11.6 Å². The second kappa shape index (κ2) is 6.62. The van der Waals surface area contributed by atoms with Crippen LogP contribution >= 0.6 is 0 Å². The van der Waals surface area contributed by atoms with Crippen LogP contribution in [0.4, 0.5) is 0 Å². The second-order valence-electron chi connectivity index (χ2n) is 3.74. The van der Waals surface area contributed by atoms with E-state index in [0.29, 0.717) is 12.5 Å². The number of ether oxygens (including phenoxy) is 2. The van der Waals surface area contributed by atoms with Crippen LogP contribution in [0.2, 0.25) is 0 Å². The fourth-order valence-electron chi connectivity index (χ4n) is 1.88. The van der Waals surface area contributed by atoms with Gasteiger partial charge in [-0.1, -0.05) is 12.5 Å². The predicted molar refractivity (Wildman–Crippen MR) is 58.6 cm³/mol. The number of rotatable bonds is 4. The minimum Gasteiger partial charge on any atom is -0.463 e. The first-order valence-corrected chi connectivity index (χ1v) is 5.72. The topological polar surface area (TPSA) is 35.5 Å². The molecule has 0 aromatic carbocycles. The van der Waals surface area contributed by atoms with Crippen molar-refractivity contribution in [1.82, 2.24) is 0 Å². The summed E-state index contributed by atoms with van der Waals surface area (Å²) in [6, 6.07) is 0. The molecule has 0 amide bonds. The summed E-state index contributed by atoms with van der Waals surface area (Å²) in [4.78, 5) is 11.3. The molecule has 1 heterocycles. The van der Waals surface area contributed by atoms with Gasteiger partial charge >= 0.3 is 5.97 Å². The van der Waals surface area contributed by atoms with Gasteiger partial charge in [0.05, 0.1) is 13.2 Å². The van der Waals surface area contributed by atoms with Crippen molar-refractivity contribution < 1.29 is 14.3 Å². The zero-order chi connectivity index (χ0) is 11.1. The average Bonchev–Trinajstić information content (AvgIpc) is 2.27. The zero-order valence-electron chi connectivity index (χ0n) is 9.62. The molecule has 0 bridgehead atoms. The third kappa shape index (κ3) is 4.04. The quantitative estimate of drug-likeness (QED) is 0.530. The first-order valence-electron chi connectivity index (χ1n) is 5.72. The standard InChI is InChI=1S/C12H20O3/c1-3-10(8-12(13)15-4-2)11-6-5-7-14-9-11/h8,11H,3-7,9H2,1-2H3/b10-8-. The summed E-state index contributed by atoms with van der Waals surface area (Å²) in [6.07, 6.45) is 4.75. The van der Waals surface area contributed by atoms with Crippen LogP contribution < -0.4 is 0 Å². The first-order chi connectivity index (χ1) is 7.27. The molecule has 1 fully saturated rings. The Morgan fingerprint density at radius 2 is 2.33 bits per heavy atom. The summed E-state index contributed by atoms with van der Waals surface area (Å²) < 4.78 is 10.3. The molecule has 1 aliphatic heterocycles. The largest absolute Gasteiger partial charge is 0.463 e. The minimum atomic E-state index is -0.222. The normalized spacial score (nSPS) is 22.5. The van der Waals surface area contributed by atoms with E-state index < -0.39 is 0 Å². The van der Waals surface area contributed by atoms with E-state index in [9.17, 15) is 4.79 Å². The van der Waals surface area contributed by atoms with Gasteiger partial charge in [0.2, 0.25) is 0 Å². The molecule has 3 heteroatoms. The molecule has 0 aliphatic carbocycles. The van der Waals surface area contributed by atoms with Crippen LogP contribution in [-0.4, -0.2) is 25.8 Å². The maximum atomic E-state index is 11.3. The van der Waals surface area contributed by atoms with Crippen molar-refractivity contribution in [2.45, 2.75) is 33.1 Å². The van der Waals surface area contributed by atoms with Gasteiger partial charge in [-0.25, -0.2) is 4.79 Å². The molecule has 0 saturated carbocycles. The number of esters is 1. The first kappa shape index (κ1) is 12.2. The van der Waals surface area contributed by atoms with Crippen molar-refractivity contribution in [1.29, 1.82) is 0 Å². The third-order valence-electron chi connectivity index (χ3n) is 2.68. The monoisotopic (exact) mass is 212 g/mol. The SMILES string of the molecule is CCOC(=O)/C=C(/CC)C1CCCOC1. The number of carbonyl (C=O) groups excluding carboxylic acids is 1. The maximum Gasteiger partial charge on any atom is 0.330 e. The highest BCUT2D eigenvalue weighted by Gasteiger charge is 2.18. The van der Waals surface area contributed by atoms with Gasteiger partial charge in [-0.2, -0.15) is 0 Å². The molecule has 1 unspecified atom stereocenters. The molecule has 1 atom stereocenters. The minimum absolute atomic E-state index is 0.222. The van der Waals surface area contributed by atoms with E-state index in [1.165, 1.54) is 0 Å². The fourth-order valence-corrected chi connectivity index (χ4v) is 1.88. The molecule has 0 N–H and O–H groups in total. The van der Waals surface area contributed by atoms with Crippen LogP contribution in [-0.2, 0) is 14.3 Å². The highest BCUT2D eigenvalue weighted by molar-refractivity contribution is 5.82. The molecule has 0 radical (unpaired) electrons. The van der Waals surface area contributed by atoms with Gasteiger partial charge in [-0.15, -0.1) is 0 Å². The molecular weight excluding hydrogens is 192 g/mol. The van der Waals surface area contributed by atoms with Gasteiger partial charge in [0.25, 0.3) is 0 Å². The molecule has 86 valence electrons. The Bertz CT molecular complexity index is 227. The summed E-state index contributed by atoms with van der Waals surface area (Å²) in [5, 5.41) is 0. The van der Waals surface area contributed by atoms with E-state index >= 15 is 0 Å². The third-order valence-corrected chi connectivity index (χ3v) is 2.68. The van der Waals surface area contributed by atoms with Crippen molar-refractivity contribution >= 4 is 5.97 Å². The zero-order valence-corrected chi connectivity index (χ0v) is 9.62. The van der Waals surface area contributed by atoms with Gasteiger partial charge in [0.15, 0.2) is 0 Å². The molecule has 0 aromatic rings. The summed E-state index contributed by atoms with van der Waals surface area (Å²) in [5.41, 5.74) is 1.16. The van der Waals surface area contributed by atoms with E-state index in [-0.39, 0.29) is 5.97 Å². The van der Waals surface area contributed by atoms with Crippen LogP contribution in [0.25, 0.3) is 0 Å². The van der Waals surface area contributed by atoms with Crippen LogP contribution in [0.3, 0.4) is 0 Å². The summed E-state index contributed by atoms with van der Waals surface area (Å²) in [5.74, 6) is 0.188. The highest BCUT2D eigenvalue weighted by Crippen LogP contribution is 2.24. The number of carbonyl (C=O) groups is 1. The Balaban J connectivity index is 2.55. The summed E-state index contributed by atoms with van der Waals surface area (Å²) in [6.45, 7) is 5.93. The summed E-state index contributed by atoms with van der Waals surface area (Å²) in [7, 11) is 0. The Morgan fingerprint density at radius 3 is 2.87 bits per heavy atom. The smallest absolute Gasteiger partial charge is 0.330 e. The molecule has 1 rings (SSSR count). The lowest BCUT2D eigenvalue weighted by molar-refractivity contribution is -0.137. The van der Waals surface area contributed by atoms with Crippen LogP contribution in [0.1, 0.15) is 33.1 Å². The van der Waals surface area contributed by atoms with E-state index in [1.54, 1.807) is 6.08 Å². The van der Waals surface area contributed by atoms with Gasteiger partial charge in [0.1, 0.15) is 0 Å². The summed E-state index contributed by atoms with van der Waals surface area (Å²) >= 11 is 0. The lowest BCUT2D eigenvalue weighted by atomic mass is 9.91. The molecule has 15 heavy (non-hydrogen) atoms. The lowest BCUT2D eigenvalue weighted by Gasteiger charge is -2.24. The Hall–Kier alpha value is -0.830. The van der Waals surface area contributed by atoms with E-state index in [4.69, 9.17) is 9.47 Å². The fraction of sp³-hybridized carbons (Fsp3) is 0.750. The van der Waals surface area contributed by atoms with E-state index in [0.717, 1.165) is 38.0 Å². The van der Waals surface area contributed by atoms with Crippen LogP contribution in [0.15, 0.2) is 11.6 Å². The molecule has 1 aliphatic rings. The van der Waals surface area contributed by atoms with E-state index in [2.05, 4.69) is 6.92 Å². The molecule has 0 spiro atoms. The van der Waals surface area contributed by atoms with Crippen LogP contribution in [0.5, 0.6) is 0 Å². The molecular formula is C12H20O3. The average molecular weight is 212 g/mol. The van der Waals surface area contributed by atoms with E-state index in [1.807, 2.05) is 6.92 Å². The van der Waals surface area contributed by atoms with Crippen LogP contribution in [0, 0.1) is 5.92 Å². The Kier molecular flexibility index (Phi) is 5.40. The molecule has 0 aromatic heterocycles. The van der Waals surface area contributed by atoms with Gasteiger partial charge < -0.3 is 9.47 Å². The predicted octanol–water partition coefficient (Wildman–Crippen LogP) is 2.31. The van der Waals surface area contributed by atoms with Gasteiger partial charge in [-0.05, 0) is 26.2 Å². The van der Waals surface area contributed by atoms with Crippen molar-refractivity contribution in [3.8, 4) is 0 Å². The number of hydrogen-bond acceptors (Lipinski definition) is 3. The lowest BCUT2D eigenvalue weighted by Crippen LogP contribution is -2.19. The molecule has 3 nitrogen and oxygen atoms in total. The Labute approximate surface area is 91.4 Å².